The Morgan fingerprint density at radius 3 is 2.44 bits per heavy atom. The first-order chi connectivity index (χ1) is 12.1. The molecule has 0 bridgehead atoms. The molecular formula is C20H20N4O. The molecule has 3 aromatic rings. The van der Waals surface area contributed by atoms with Gasteiger partial charge in [-0.15, -0.1) is 0 Å². The summed E-state index contributed by atoms with van der Waals surface area (Å²) in [5.74, 6) is 0.360. The Morgan fingerprint density at radius 2 is 1.76 bits per heavy atom. The van der Waals surface area contributed by atoms with E-state index in [0.717, 1.165) is 11.3 Å². The first kappa shape index (κ1) is 16.6. The third-order valence-corrected chi connectivity index (χ3v) is 3.78. The molecule has 1 amide bonds. The molecule has 0 aliphatic rings. The molecule has 0 aliphatic carbocycles. The van der Waals surface area contributed by atoms with E-state index < -0.39 is 0 Å². The molecule has 5 heteroatoms. The number of anilines is 2. The topological polar surface area (TPSA) is 58.1 Å². The Kier molecular flexibility index (Phi) is 5.04. The van der Waals surface area contributed by atoms with E-state index in [-0.39, 0.29) is 5.91 Å². The molecule has 126 valence electrons. The predicted molar refractivity (Wildman–Crippen MR) is 99.7 cm³/mol. The summed E-state index contributed by atoms with van der Waals surface area (Å²) in [7, 11) is 1.93. The summed E-state index contributed by atoms with van der Waals surface area (Å²) >= 11 is 0. The molecule has 5 nitrogen and oxygen atoms in total. The Bertz CT molecular complexity index is 847. The molecule has 0 spiro atoms. The molecule has 0 atom stereocenters. The quantitative estimate of drug-likeness (QED) is 0.774. The highest BCUT2D eigenvalue weighted by Gasteiger charge is 2.10. The summed E-state index contributed by atoms with van der Waals surface area (Å²) in [6.45, 7) is 2.69. The molecule has 25 heavy (non-hydrogen) atoms. The lowest BCUT2D eigenvalue weighted by molar-refractivity contribution is 0.102. The summed E-state index contributed by atoms with van der Waals surface area (Å²) in [5.41, 5.74) is 3.45. The number of benzene rings is 2. The maximum Gasteiger partial charge on any atom is 0.258 e. The van der Waals surface area contributed by atoms with Crippen molar-refractivity contribution in [1.29, 1.82) is 0 Å². The van der Waals surface area contributed by atoms with Crippen molar-refractivity contribution in [3.63, 3.8) is 0 Å². The number of aromatic nitrogens is 2. The molecule has 3 rings (SSSR count). The van der Waals surface area contributed by atoms with Crippen molar-refractivity contribution in [3.05, 3.63) is 83.7 Å². The van der Waals surface area contributed by atoms with Gasteiger partial charge in [-0.05, 0) is 30.2 Å². The highest BCUT2D eigenvalue weighted by Crippen LogP contribution is 2.13. The normalized spacial score (nSPS) is 10.3. The average molecular weight is 332 g/mol. The molecule has 0 radical (unpaired) electrons. The van der Waals surface area contributed by atoms with E-state index in [4.69, 9.17) is 0 Å². The van der Waals surface area contributed by atoms with Crippen molar-refractivity contribution in [3.8, 4) is 0 Å². The number of rotatable bonds is 5. The van der Waals surface area contributed by atoms with Crippen LogP contribution in [0.25, 0.3) is 0 Å². The van der Waals surface area contributed by atoms with Crippen LogP contribution in [0.5, 0.6) is 0 Å². The van der Waals surface area contributed by atoms with Crippen LogP contribution in [0.4, 0.5) is 11.6 Å². The summed E-state index contributed by atoms with van der Waals surface area (Å²) in [4.78, 5) is 22.9. The van der Waals surface area contributed by atoms with E-state index in [1.165, 1.54) is 5.56 Å². The summed E-state index contributed by atoms with van der Waals surface area (Å²) in [6, 6.07) is 17.8. The minimum Gasteiger partial charge on any atom is -0.340 e. The minimum absolute atomic E-state index is 0.220. The van der Waals surface area contributed by atoms with E-state index >= 15 is 0 Å². The highest BCUT2D eigenvalue weighted by molar-refractivity contribution is 6.03. The lowest BCUT2D eigenvalue weighted by Crippen LogP contribution is -2.20. The largest absolute Gasteiger partial charge is 0.340 e. The Hall–Kier alpha value is -3.21. The Morgan fingerprint density at radius 1 is 1.04 bits per heavy atom. The second-order valence-corrected chi connectivity index (χ2v) is 5.94. The lowest BCUT2D eigenvalue weighted by Gasteiger charge is -2.17. The summed E-state index contributed by atoms with van der Waals surface area (Å²) in [6.07, 6.45) is 3.10. The van der Waals surface area contributed by atoms with Gasteiger partial charge in [0, 0.05) is 31.7 Å². The summed E-state index contributed by atoms with van der Waals surface area (Å²) < 4.78 is 0. The van der Waals surface area contributed by atoms with Crippen molar-refractivity contribution in [2.75, 3.05) is 17.3 Å². The summed E-state index contributed by atoms with van der Waals surface area (Å²) in [5, 5.41) is 2.86. The fraction of sp³-hybridized carbons (Fsp3) is 0.150. The number of carbonyl (C=O) groups is 1. The van der Waals surface area contributed by atoms with Crippen LogP contribution in [0, 0.1) is 6.92 Å². The zero-order chi connectivity index (χ0) is 17.6. The first-order valence-corrected chi connectivity index (χ1v) is 8.07. The molecule has 1 aromatic heterocycles. The van der Waals surface area contributed by atoms with Crippen LogP contribution in [0.2, 0.25) is 0 Å². The van der Waals surface area contributed by atoms with Crippen molar-refractivity contribution in [1.82, 2.24) is 9.97 Å². The molecule has 0 saturated carbocycles. The fourth-order valence-corrected chi connectivity index (χ4v) is 2.49. The maximum atomic E-state index is 12.3. The number of nitrogens with zero attached hydrogens (tertiary/aromatic N) is 3. The van der Waals surface area contributed by atoms with Crippen LogP contribution >= 0.6 is 0 Å². The van der Waals surface area contributed by atoms with Gasteiger partial charge in [-0.1, -0.05) is 42.5 Å². The first-order valence-electron chi connectivity index (χ1n) is 8.07. The zero-order valence-electron chi connectivity index (χ0n) is 14.3. The number of nitrogens with one attached hydrogen (secondary N) is 1. The Labute approximate surface area is 147 Å². The van der Waals surface area contributed by atoms with Gasteiger partial charge in [-0.25, -0.2) is 9.97 Å². The van der Waals surface area contributed by atoms with Gasteiger partial charge >= 0.3 is 0 Å². The van der Waals surface area contributed by atoms with Gasteiger partial charge in [0.2, 0.25) is 5.95 Å². The standard InChI is InChI=1S/C20H20N4O/c1-15-7-6-10-18(11-15)23-19(25)17-12-21-20(22-13-17)24(2)14-16-8-4-3-5-9-16/h3-13H,14H2,1-2H3,(H,23,25). The lowest BCUT2D eigenvalue weighted by atomic mass is 10.2. The van der Waals surface area contributed by atoms with Crippen molar-refractivity contribution >= 4 is 17.5 Å². The van der Waals surface area contributed by atoms with E-state index in [1.54, 1.807) is 12.4 Å². The van der Waals surface area contributed by atoms with Crippen molar-refractivity contribution < 1.29 is 4.79 Å². The number of hydrogen-bond acceptors (Lipinski definition) is 4. The SMILES string of the molecule is Cc1cccc(NC(=O)c2cnc(N(C)Cc3ccccc3)nc2)c1. The van der Waals surface area contributed by atoms with Crippen molar-refractivity contribution in [2.24, 2.45) is 0 Å². The molecular weight excluding hydrogens is 312 g/mol. The number of aryl methyl sites for hydroxylation is 1. The molecule has 0 aliphatic heterocycles. The van der Waals surface area contributed by atoms with Crippen LogP contribution in [-0.2, 0) is 6.54 Å². The van der Waals surface area contributed by atoms with Crippen LogP contribution in [0.3, 0.4) is 0 Å². The fourth-order valence-electron chi connectivity index (χ4n) is 2.49. The number of hydrogen-bond donors (Lipinski definition) is 1. The van der Waals surface area contributed by atoms with Crippen LogP contribution in [-0.4, -0.2) is 22.9 Å². The predicted octanol–water partition coefficient (Wildman–Crippen LogP) is 3.67. The minimum atomic E-state index is -0.220. The van der Waals surface area contributed by atoms with Gasteiger partial charge in [0.25, 0.3) is 5.91 Å². The van der Waals surface area contributed by atoms with Crippen molar-refractivity contribution in [2.45, 2.75) is 13.5 Å². The molecule has 1 heterocycles. The number of amides is 1. The zero-order valence-corrected chi connectivity index (χ0v) is 14.3. The number of carbonyl (C=O) groups excluding carboxylic acids is 1. The molecule has 1 N–H and O–H groups in total. The van der Waals surface area contributed by atoms with Gasteiger partial charge in [-0.2, -0.15) is 0 Å². The van der Waals surface area contributed by atoms with Crippen LogP contribution < -0.4 is 10.2 Å². The van der Waals surface area contributed by atoms with Gasteiger partial charge in [0.15, 0.2) is 0 Å². The molecule has 2 aromatic carbocycles. The van der Waals surface area contributed by atoms with E-state index in [0.29, 0.717) is 18.1 Å². The average Bonchev–Trinajstić information content (AvgIpc) is 2.62. The third kappa shape index (κ3) is 4.41. The second kappa shape index (κ2) is 7.57. The molecule has 0 fully saturated rings. The van der Waals surface area contributed by atoms with Gasteiger partial charge in [0.1, 0.15) is 0 Å². The maximum absolute atomic E-state index is 12.3. The molecule has 0 saturated heterocycles. The van der Waals surface area contributed by atoms with E-state index in [1.807, 2.05) is 61.3 Å². The van der Waals surface area contributed by atoms with Gasteiger partial charge in [-0.3, -0.25) is 4.79 Å². The van der Waals surface area contributed by atoms with E-state index in [9.17, 15) is 4.79 Å². The van der Waals surface area contributed by atoms with Crippen LogP contribution in [0.1, 0.15) is 21.5 Å². The van der Waals surface area contributed by atoms with Gasteiger partial charge < -0.3 is 10.2 Å². The second-order valence-electron chi connectivity index (χ2n) is 5.94. The highest BCUT2D eigenvalue weighted by atomic mass is 16.1. The van der Waals surface area contributed by atoms with E-state index in [2.05, 4.69) is 27.4 Å². The van der Waals surface area contributed by atoms with Gasteiger partial charge in [0.05, 0.1) is 5.56 Å². The Balaban J connectivity index is 1.66. The monoisotopic (exact) mass is 332 g/mol. The third-order valence-electron chi connectivity index (χ3n) is 3.78. The molecule has 0 unspecified atom stereocenters. The van der Waals surface area contributed by atoms with Crippen LogP contribution in [0.15, 0.2) is 67.0 Å². The smallest absolute Gasteiger partial charge is 0.258 e.